The molecule has 0 aliphatic rings. The zero-order valence-corrected chi connectivity index (χ0v) is 13.8. The fourth-order valence-corrected chi connectivity index (χ4v) is 3.09. The first-order valence-electron chi connectivity index (χ1n) is 6.77. The summed E-state index contributed by atoms with van der Waals surface area (Å²) in [5.41, 5.74) is -6.56. The second kappa shape index (κ2) is 6.76. The molecule has 0 amide bonds. The highest BCUT2D eigenvalue weighted by Gasteiger charge is 2.48. The molecule has 136 valence electrons. The number of aldehydes is 1. The van der Waals surface area contributed by atoms with Crippen molar-refractivity contribution in [2.75, 3.05) is 0 Å². The molecule has 0 saturated heterocycles. The summed E-state index contributed by atoms with van der Waals surface area (Å²) < 4.78 is 80.1. The number of rotatable bonds is 4. The summed E-state index contributed by atoms with van der Waals surface area (Å²) in [6, 6.07) is 4.56. The second-order valence-corrected chi connectivity index (χ2v) is 6.94. The number of alkyl halides is 3. The Bertz CT molecular complexity index is 1020. The predicted octanol–water partition coefficient (Wildman–Crippen LogP) is 4.58. The molecule has 26 heavy (non-hydrogen) atoms. The van der Waals surface area contributed by atoms with Gasteiger partial charge in [-0.15, -0.1) is 0 Å². The van der Waals surface area contributed by atoms with Gasteiger partial charge in [-0.1, -0.05) is 0 Å². The molecule has 2 rings (SSSR count). The fraction of sp³-hybridized carbons (Fsp3) is 0.125. The minimum atomic E-state index is -5.74. The Labute approximate surface area is 145 Å². The van der Waals surface area contributed by atoms with E-state index in [1.165, 1.54) is 13.0 Å². The van der Waals surface area contributed by atoms with Crippen LogP contribution in [0, 0.1) is 19.3 Å². The fourth-order valence-electron chi connectivity index (χ4n) is 2.10. The second-order valence-electron chi connectivity index (χ2n) is 5.03. The summed E-state index contributed by atoms with van der Waals surface area (Å²) >= 11 is 0. The molecular formula is C16H9F4NO4S. The average molecular weight is 387 g/mol. The number of ether oxygens (including phenoxy) is 1. The van der Waals surface area contributed by atoms with Crippen molar-refractivity contribution in [2.45, 2.75) is 17.3 Å². The topological polar surface area (TPSA) is 64.8 Å². The van der Waals surface area contributed by atoms with E-state index >= 15 is 0 Å². The monoisotopic (exact) mass is 387 g/mol. The van der Waals surface area contributed by atoms with Gasteiger partial charge in [-0.05, 0) is 31.2 Å². The Morgan fingerprint density at radius 3 is 2.38 bits per heavy atom. The number of benzene rings is 2. The highest BCUT2D eigenvalue weighted by molar-refractivity contribution is 7.92. The van der Waals surface area contributed by atoms with Crippen LogP contribution in [0.4, 0.5) is 23.2 Å². The van der Waals surface area contributed by atoms with E-state index in [9.17, 15) is 30.8 Å². The van der Waals surface area contributed by atoms with E-state index in [4.69, 9.17) is 11.3 Å². The molecule has 0 atom stereocenters. The van der Waals surface area contributed by atoms with E-state index in [0.29, 0.717) is 6.07 Å². The Balaban J connectivity index is 2.57. The number of hydrogen-bond donors (Lipinski definition) is 0. The van der Waals surface area contributed by atoms with E-state index in [1.807, 2.05) is 0 Å². The molecule has 10 heteroatoms. The summed E-state index contributed by atoms with van der Waals surface area (Å²) in [4.78, 5) is 13.0. The number of nitrogens with zero attached hydrogens (tertiary/aromatic N) is 1. The van der Waals surface area contributed by atoms with Crippen LogP contribution in [0.25, 0.3) is 4.85 Å². The largest absolute Gasteiger partial charge is 0.501 e. The third-order valence-electron chi connectivity index (χ3n) is 3.35. The molecule has 0 fully saturated rings. The van der Waals surface area contributed by atoms with Crippen LogP contribution in [0.3, 0.4) is 0 Å². The number of halogens is 4. The third-order valence-corrected chi connectivity index (χ3v) is 4.89. The quantitative estimate of drug-likeness (QED) is 0.438. The van der Waals surface area contributed by atoms with Crippen LogP contribution in [0.2, 0.25) is 0 Å². The van der Waals surface area contributed by atoms with Crippen molar-refractivity contribution in [1.29, 1.82) is 0 Å². The SMILES string of the molecule is [C-]#[N+]c1cc(F)cc(Oc2ccc(S(=O)(=O)C(F)(F)F)c(C=O)c2C)c1. The van der Waals surface area contributed by atoms with Crippen molar-refractivity contribution < 1.29 is 35.5 Å². The van der Waals surface area contributed by atoms with E-state index in [0.717, 1.165) is 18.2 Å². The van der Waals surface area contributed by atoms with E-state index in [-0.39, 0.29) is 29.0 Å². The normalized spacial score (nSPS) is 11.7. The predicted molar refractivity (Wildman–Crippen MR) is 82.5 cm³/mol. The van der Waals surface area contributed by atoms with Crippen molar-refractivity contribution in [3.8, 4) is 11.5 Å². The lowest BCUT2D eigenvalue weighted by molar-refractivity contribution is -0.0436. The standard InChI is InChI=1S/C16H9F4NO4S/c1-9-13(8-22)15(26(23,24)16(18,19)20)4-3-14(9)25-12-6-10(17)5-11(7-12)21-2/h3-8H,1H3. The van der Waals surface area contributed by atoms with Crippen LogP contribution in [0.5, 0.6) is 11.5 Å². The Morgan fingerprint density at radius 1 is 1.19 bits per heavy atom. The first-order chi connectivity index (χ1) is 12.0. The van der Waals surface area contributed by atoms with Crippen molar-refractivity contribution in [2.24, 2.45) is 0 Å². The molecule has 2 aromatic rings. The Kier molecular flexibility index (Phi) is 5.04. The lowest BCUT2D eigenvalue weighted by atomic mass is 10.1. The zero-order valence-electron chi connectivity index (χ0n) is 13.0. The molecule has 0 unspecified atom stereocenters. The van der Waals surface area contributed by atoms with Crippen LogP contribution in [0.15, 0.2) is 35.2 Å². The Hall–Kier alpha value is -2.93. The van der Waals surface area contributed by atoms with Gasteiger partial charge in [-0.25, -0.2) is 17.7 Å². The van der Waals surface area contributed by atoms with Gasteiger partial charge in [0.2, 0.25) is 0 Å². The van der Waals surface area contributed by atoms with Gasteiger partial charge in [-0.2, -0.15) is 13.2 Å². The van der Waals surface area contributed by atoms with Crippen molar-refractivity contribution >= 4 is 21.8 Å². The molecule has 0 spiro atoms. The van der Waals surface area contributed by atoms with Gasteiger partial charge < -0.3 is 4.74 Å². The maximum absolute atomic E-state index is 13.4. The molecule has 0 radical (unpaired) electrons. The first-order valence-corrected chi connectivity index (χ1v) is 8.25. The van der Waals surface area contributed by atoms with Crippen LogP contribution in [-0.4, -0.2) is 20.2 Å². The first kappa shape index (κ1) is 19.4. The van der Waals surface area contributed by atoms with Crippen LogP contribution in [-0.2, 0) is 9.84 Å². The lowest BCUT2D eigenvalue weighted by Gasteiger charge is -2.15. The summed E-state index contributed by atoms with van der Waals surface area (Å²) in [7, 11) is -5.74. The van der Waals surface area contributed by atoms with Gasteiger partial charge >= 0.3 is 5.51 Å². The highest BCUT2D eigenvalue weighted by atomic mass is 32.2. The van der Waals surface area contributed by atoms with Gasteiger partial charge in [-0.3, -0.25) is 4.79 Å². The van der Waals surface area contributed by atoms with E-state index in [1.54, 1.807) is 0 Å². The zero-order chi connectivity index (χ0) is 19.7. The molecule has 0 aliphatic carbocycles. The van der Waals surface area contributed by atoms with Gasteiger partial charge in [0.05, 0.1) is 11.5 Å². The number of carbonyl (C=O) groups excluding carboxylic acids is 1. The highest BCUT2D eigenvalue weighted by Crippen LogP contribution is 2.37. The molecular weight excluding hydrogens is 378 g/mol. The molecule has 0 bridgehead atoms. The van der Waals surface area contributed by atoms with Crippen LogP contribution >= 0.6 is 0 Å². The minimum Gasteiger partial charge on any atom is -0.458 e. The molecule has 0 saturated carbocycles. The number of carbonyl (C=O) groups is 1. The average Bonchev–Trinajstić information content (AvgIpc) is 2.54. The minimum absolute atomic E-state index is 0.0308. The van der Waals surface area contributed by atoms with Crippen LogP contribution < -0.4 is 4.74 Å². The van der Waals surface area contributed by atoms with Gasteiger partial charge in [0.1, 0.15) is 17.3 Å². The van der Waals surface area contributed by atoms with Crippen LogP contribution in [0.1, 0.15) is 15.9 Å². The maximum atomic E-state index is 13.4. The Morgan fingerprint density at radius 2 is 1.85 bits per heavy atom. The van der Waals surface area contributed by atoms with Crippen molar-refractivity contribution in [3.63, 3.8) is 0 Å². The summed E-state index contributed by atoms with van der Waals surface area (Å²) in [5, 5.41) is 0. The number of hydrogen-bond acceptors (Lipinski definition) is 4. The third kappa shape index (κ3) is 3.52. The summed E-state index contributed by atoms with van der Waals surface area (Å²) in [6.07, 6.45) is -0.0308. The summed E-state index contributed by atoms with van der Waals surface area (Å²) in [6.45, 7) is 8.05. The summed E-state index contributed by atoms with van der Waals surface area (Å²) in [5.74, 6) is -1.07. The molecule has 0 aromatic heterocycles. The molecule has 5 nitrogen and oxygen atoms in total. The van der Waals surface area contributed by atoms with E-state index < -0.39 is 31.6 Å². The molecule has 0 aliphatic heterocycles. The lowest BCUT2D eigenvalue weighted by Crippen LogP contribution is -2.24. The maximum Gasteiger partial charge on any atom is 0.501 e. The molecule has 2 aromatic carbocycles. The van der Waals surface area contributed by atoms with Crippen molar-refractivity contribution in [1.82, 2.24) is 0 Å². The van der Waals surface area contributed by atoms with Gasteiger partial charge in [0.15, 0.2) is 12.0 Å². The van der Waals surface area contributed by atoms with Gasteiger partial charge in [0.25, 0.3) is 9.84 Å². The van der Waals surface area contributed by atoms with Gasteiger partial charge in [0, 0.05) is 17.2 Å². The molecule has 0 N–H and O–H groups in total. The van der Waals surface area contributed by atoms with Crippen molar-refractivity contribution in [3.05, 3.63) is 58.7 Å². The molecule has 0 heterocycles. The smallest absolute Gasteiger partial charge is 0.458 e. The number of sulfone groups is 1. The van der Waals surface area contributed by atoms with E-state index in [2.05, 4.69) is 4.85 Å².